The van der Waals surface area contributed by atoms with E-state index in [2.05, 4.69) is 43.4 Å². The van der Waals surface area contributed by atoms with Crippen molar-refractivity contribution in [3.63, 3.8) is 0 Å². The number of nitrogens with two attached hydrogens (primary N) is 1. The average Bonchev–Trinajstić information content (AvgIpc) is 2.27. The van der Waals surface area contributed by atoms with Crippen molar-refractivity contribution in [1.29, 1.82) is 0 Å². The highest BCUT2D eigenvalue weighted by Gasteiger charge is 2.10. The minimum Gasteiger partial charge on any atom is -0.383 e. The average molecular weight is 283 g/mol. The lowest BCUT2D eigenvalue weighted by Crippen LogP contribution is -2.17. The third-order valence-electron chi connectivity index (χ3n) is 2.64. The van der Waals surface area contributed by atoms with Crippen LogP contribution >= 0.6 is 15.9 Å². The summed E-state index contributed by atoms with van der Waals surface area (Å²) in [7, 11) is 0. The molecular weight excluding hydrogens is 268 g/mol. The van der Waals surface area contributed by atoms with Gasteiger partial charge in [-0.3, -0.25) is 0 Å². The summed E-state index contributed by atoms with van der Waals surface area (Å²) in [6.45, 7) is 0.903. The maximum atomic E-state index is 5.64. The molecule has 86 valence electrons. The number of hydrogen-bond acceptors (Lipinski definition) is 4. The normalized spacial score (nSPS) is 19.7. The van der Waals surface area contributed by atoms with Crippen LogP contribution in [0.2, 0.25) is 0 Å². The first kappa shape index (κ1) is 11.4. The van der Waals surface area contributed by atoms with Gasteiger partial charge in [-0.05, 0) is 41.1 Å². The Kier molecular flexibility index (Phi) is 3.77. The Morgan fingerprint density at radius 1 is 1.44 bits per heavy atom. The molecular formula is C11H15BrN4. The molecule has 4 nitrogen and oxygen atoms in total. The highest BCUT2D eigenvalue weighted by Crippen LogP contribution is 2.19. The molecule has 0 spiro atoms. The number of rotatable bonds is 3. The van der Waals surface area contributed by atoms with Crippen molar-refractivity contribution in [2.24, 2.45) is 5.92 Å². The SMILES string of the molecule is Nc1cc(Br)nc(NCC2CC=CCC2)n1. The van der Waals surface area contributed by atoms with E-state index >= 15 is 0 Å². The van der Waals surface area contributed by atoms with Crippen LogP contribution in [0, 0.1) is 5.92 Å². The van der Waals surface area contributed by atoms with E-state index in [1.807, 2.05) is 0 Å². The van der Waals surface area contributed by atoms with Gasteiger partial charge >= 0.3 is 0 Å². The fraction of sp³-hybridized carbons (Fsp3) is 0.455. The Balaban J connectivity index is 1.91. The Morgan fingerprint density at radius 3 is 3.00 bits per heavy atom. The quantitative estimate of drug-likeness (QED) is 0.661. The minimum absolute atomic E-state index is 0.480. The second-order valence-corrected chi connectivity index (χ2v) is 4.78. The van der Waals surface area contributed by atoms with Crippen LogP contribution in [0.1, 0.15) is 19.3 Å². The highest BCUT2D eigenvalue weighted by molar-refractivity contribution is 9.10. The topological polar surface area (TPSA) is 63.8 Å². The molecule has 0 fully saturated rings. The number of hydrogen-bond donors (Lipinski definition) is 2. The molecule has 1 aromatic heterocycles. The van der Waals surface area contributed by atoms with Crippen molar-refractivity contribution >= 4 is 27.7 Å². The molecule has 1 aliphatic rings. The van der Waals surface area contributed by atoms with E-state index in [-0.39, 0.29) is 0 Å². The maximum absolute atomic E-state index is 5.64. The molecule has 0 radical (unpaired) electrons. The van der Waals surface area contributed by atoms with Crippen LogP contribution in [0.3, 0.4) is 0 Å². The van der Waals surface area contributed by atoms with Crippen molar-refractivity contribution in [2.45, 2.75) is 19.3 Å². The zero-order chi connectivity index (χ0) is 11.4. The zero-order valence-electron chi connectivity index (χ0n) is 8.99. The first-order valence-electron chi connectivity index (χ1n) is 5.43. The first-order valence-corrected chi connectivity index (χ1v) is 6.22. The van der Waals surface area contributed by atoms with Gasteiger partial charge in [-0.2, -0.15) is 4.98 Å². The lowest BCUT2D eigenvalue weighted by molar-refractivity contribution is 0.503. The van der Waals surface area contributed by atoms with Gasteiger partial charge in [0.2, 0.25) is 5.95 Å². The summed E-state index contributed by atoms with van der Waals surface area (Å²) in [6, 6.07) is 1.69. The number of halogens is 1. The molecule has 0 bridgehead atoms. The predicted molar refractivity (Wildman–Crippen MR) is 69.1 cm³/mol. The van der Waals surface area contributed by atoms with Crippen LogP contribution in [0.25, 0.3) is 0 Å². The molecule has 0 saturated heterocycles. The van der Waals surface area contributed by atoms with Crippen LogP contribution in [0.5, 0.6) is 0 Å². The van der Waals surface area contributed by atoms with Gasteiger partial charge in [0.1, 0.15) is 10.4 Å². The van der Waals surface area contributed by atoms with Crippen molar-refractivity contribution in [3.8, 4) is 0 Å². The fourth-order valence-corrected chi connectivity index (χ4v) is 2.19. The number of nitrogens with zero attached hydrogens (tertiary/aromatic N) is 2. The number of nitrogen functional groups attached to an aromatic ring is 1. The third-order valence-corrected chi connectivity index (χ3v) is 3.05. The molecule has 2 rings (SSSR count). The molecule has 0 aromatic carbocycles. The predicted octanol–water partition coefficient (Wildman–Crippen LogP) is 2.59. The van der Waals surface area contributed by atoms with Gasteiger partial charge in [-0.15, -0.1) is 0 Å². The summed E-state index contributed by atoms with van der Waals surface area (Å²) in [4.78, 5) is 8.34. The Morgan fingerprint density at radius 2 is 2.31 bits per heavy atom. The number of nitrogens with one attached hydrogen (secondary N) is 1. The summed E-state index contributed by atoms with van der Waals surface area (Å²) in [5, 5.41) is 3.23. The minimum atomic E-state index is 0.480. The van der Waals surface area contributed by atoms with Crippen molar-refractivity contribution in [2.75, 3.05) is 17.6 Å². The molecule has 0 saturated carbocycles. The largest absolute Gasteiger partial charge is 0.383 e. The van der Waals surface area contributed by atoms with Gasteiger partial charge in [0.25, 0.3) is 0 Å². The van der Waals surface area contributed by atoms with E-state index in [0.717, 1.165) is 13.0 Å². The van der Waals surface area contributed by atoms with Crippen LogP contribution in [-0.2, 0) is 0 Å². The molecule has 1 aromatic rings. The van der Waals surface area contributed by atoms with E-state index in [1.54, 1.807) is 6.07 Å². The highest BCUT2D eigenvalue weighted by atomic mass is 79.9. The summed E-state index contributed by atoms with van der Waals surface area (Å²) >= 11 is 3.30. The van der Waals surface area contributed by atoms with E-state index in [1.165, 1.54) is 12.8 Å². The van der Waals surface area contributed by atoms with Gasteiger partial charge in [-0.25, -0.2) is 4.98 Å². The standard InChI is InChI=1S/C11H15BrN4/c12-9-6-10(13)16-11(15-9)14-7-8-4-2-1-3-5-8/h1-2,6,8H,3-5,7H2,(H3,13,14,15,16). The van der Waals surface area contributed by atoms with Gasteiger partial charge in [0, 0.05) is 12.6 Å². The fourth-order valence-electron chi connectivity index (χ4n) is 1.79. The molecule has 1 heterocycles. The van der Waals surface area contributed by atoms with Crippen molar-refractivity contribution in [3.05, 3.63) is 22.8 Å². The molecule has 1 aliphatic carbocycles. The Labute approximate surface area is 103 Å². The molecule has 0 amide bonds. The molecule has 3 N–H and O–H groups in total. The van der Waals surface area contributed by atoms with Gasteiger partial charge in [0.15, 0.2) is 0 Å². The first-order chi connectivity index (χ1) is 7.74. The summed E-state index contributed by atoms with van der Waals surface area (Å²) < 4.78 is 0.714. The number of aromatic nitrogens is 2. The molecule has 5 heteroatoms. The molecule has 1 atom stereocenters. The van der Waals surface area contributed by atoms with E-state index in [9.17, 15) is 0 Å². The molecule has 1 unspecified atom stereocenters. The van der Waals surface area contributed by atoms with E-state index in [4.69, 9.17) is 5.73 Å². The lowest BCUT2D eigenvalue weighted by Gasteiger charge is -2.18. The summed E-state index contributed by atoms with van der Waals surface area (Å²) in [6.07, 6.45) is 8.02. The smallest absolute Gasteiger partial charge is 0.225 e. The Hall–Kier alpha value is -1.10. The zero-order valence-corrected chi connectivity index (χ0v) is 10.6. The van der Waals surface area contributed by atoms with Crippen molar-refractivity contribution in [1.82, 2.24) is 9.97 Å². The number of anilines is 2. The summed E-state index contributed by atoms with van der Waals surface area (Å²) in [5.74, 6) is 1.75. The second kappa shape index (κ2) is 5.30. The van der Waals surface area contributed by atoms with Gasteiger partial charge in [0.05, 0.1) is 0 Å². The van der Waals surface area contributed by atoms with Gasteiger partial charge in [-0.1, -0.05) is 12.2 Å². The molecule has 0 aliphatic heterocycles. The van der Waals surface area contributed by atoms with Crippen LogP contribution in [-0.4, -0.2) is 16.5 Å². The molecule has 16 heavy (non-hydrogen) atoms. The van der Waals surface area contributed by atoms with Crippen LogP contribution < -0.4 is 11.1 Å². The lowest BCUT2D eigenvalue weighted by atomic mass is 9.94. The van der Waals surface area contributed by atoms with E-state index in [0.29, 0.717) is 22.3 Å². The maximum Gasteiger partial charge on any atom is 0.225 e. The second-order valence-electron chi connectivity index (χ2n) is 3.97. The third kappa shape index (κ3) is 3.20. The van der Waals surface area contributed by atoms with Crippen LogP contribution in [0.15, 0.2) is 22.8 Å². The van der Waals surface area contributed by atoms with E-state index < -0.39 is 0 Å². The van der Waals surface area contributed by atoms with Gasteiger partial charge < -0.3 is 11.1 Å². The van der Waals surface area contributed by atoms with Crippen molar-refractivity contribution < 1.29 is 0 Å². The monoisotopic (exact) mass is 282 g/mol. The summed E-state index contributed by atoms with van der Waals surface area (Å²) in [5.41, 5.74) is 5.64. The van der Waals surface area contributed by atoms with Crippen LogP contribution in [0.4, 0.5) is 11.8 Å². The number of allylic oxidation sites excluding steroid dienone is 2. The Bertz CT molecular complexity index is 371.